The van der Waals surface area contributed by atoms with Gasteiger partial charge >= 0.3 is 5.97 Å². The summed E-state index contributed by atoms with van der Waals surface area (Å²) in [6.07, 6.45) is 0. The largest absolute Gasteiger partial charge is 0.478 e. The second-order valence-electron chi connectivity index (χ2n) is 2.96. The monoisotopic (exact) mass is 256 g/mol. The fraction of sp³-hybridized carbons (Fsp3) is 0.200. The van der Waals surface area contributed by atoms with Crippen LogP contribution in [0.3, 0.4) is 0 Å². The van der Waals surface area contributed by atoms with E-state index in [0.717, 1.165) is 0 Å². The van der Waals surface area contributed by atoms with Gasteiger partial charge in [-0.2, -0.15) is 0 Å². The lowest BCUT2D eigenvalue weighted by Gasteiger charge is -2.06. The summed E-state index contributed by atoms with van der Waals surface area (Å²) in [5.41, 5.74) is 1.29. The molecular formula is C10H9BrO3. The highest BCUT2D eigenvalue weighted by atomic mass is 79.9. The highest BCUT2D eigenvalue weighted by molar-refractivity contribution is 9.10. The average Bonchev–Trinajstić information content (AvgIpc) is 2.08. The Hall–Kier alpha value is -1.16. The van der Waals surface area contributed by atoms with Gasteiger partial charge in [0.25, 0.3) is 0 Å². The Labute approximate surface area is 89.9 Å². The fourth-order valence-electron chi connectivity index (χ4n) is 1.19. The molecule has 4 heteroatoms. The molecule has 0 aromatic heterocycles. The van der Waals surface area contributed by atoms with Crippen LogP contribution in [0, 0.1) is 6.92 Å². The van der Waals surface area contributed by atoms with Gasteiger partial charge in [-0.25, -0.2) is 4.79 Å². The van der Waals surface area contributed by atoms with E-state index in [1.54, 1.807) is 6.92 Å². The Balaban J connectivity index is 3.41. The first-order valence-corrected chi connectivity index (χ1v) is 4.77. The summed E-state index contributed by atoms with van der Waals surface area (Å²) in [5, 5.41) is 8.81. The van der Waals surface area contributed by atoms with Gasteiger partial charge in [-0.15, -0.1) is 0 Å². The summed E-state index contributed by atoms with van der Waals surface area (Å²) in [6.45, 7) is 3.11. The minimum atomic E-state index is -0.988. The Morgan fingerprint density at radius 2 is 1.79 bits per heavy atom. The molecule has 0 amide bonds. The summed E-state index contributed by atoms with van der Waals surface area (Å²) < 4.78 is 0.560. The smallest absolute Gasteiger partial charge is 0.335 e. The summed E-state index contributed by atoms with van der Waals surface area (Å²) >= 11 is 3.22. The van der Waals surface area contributed by atoms with Crippen molar-refractivity contribution in [3.05, 3.63) is 33.3 Å². The quantitative estimate of drug-likeness (QED) is 0.828. The van der Waals surface area contributed by atoms with Gasteiger partial charge in [0, 0.05) is 10.0 Å². The number of carboxylic acid groups (broad SMARTS) is 1. The van der Waals surface area contributed by atoms with Gasteiger partial charge in [0.2, 0.25) is 0 Å². The molecule has 1 aromatic rings. The number of halogens is 1. The van der Waals surface area contributed by atoms with Crippen molar-refractivity contribution in [3.63, 3.8) is 0 Å². The van der Waals surface area contributed by atoms with E-state index < -0.39 is 5.97 Å². The van der Waals surface area contributed by atoms with Crippen LogP contribution in [-0.4, -0.2) is 16.9 Å². The van der Waals surface area contributed by atoms with Crippen molar-refractivity contribution < 1.29 is 14.7 Å². The van der Waals surface area contributed by atoms with E-state index in [-0.39, 0.29) is 11.3 Å². The van der Waals surface area contributed by atoms with Crippen LogP contribution < -0.4 is 0 Å². The number of benzene rings is 1. The Bertz CT molecular complexity index is 371. The fourth-order valence-corrected chi connectivity index (χ4v) is 1.81. The van der Waals surface area contributed by atoms with Crippen molar-refractivity contribution in [3.8, 4) is 0 Å². The van der Waals surface area contributed by atoms with Gasteiger partial charge in [-0.05, 0) is 47.5 Å². The molecule has 0 aliphatic rings. The van der Waals surface area contributed by atoms with Gasteiger partial charge in [-0.3, -0.25) is 4.79 Å². The molecule has 0 heterocycles. The molecule has 0 aliphatic carbocycles. The molecule has 0 spiro atoms. The minimum absolute atomic E-state index is 0.0862. The number of carboxylic acids is 1. The SMILES string of the molecule is CC(=O)c1ccc(C(=O)O)c(C)c1Br. The highest BCUT2D eigenvalue weighted by Gasteiger charge is 2.14. The average molecular weight is 257 g/mol. The zero-order chi connectivity index (χ0) is 10.9. The van der Waals surface area contributed by atoms with Crippen molar-refractivity contribution in [2.75, 3.05) is 0 Å². The van der Waals surface area contributed by atoms with Crippen LogP contribution >= 0.6 is 15.9 Å². The summed E-state index contributed by atoms with van der Waals surface area (Å²) in [6, 6.07) is 2.96. The first-order valence-electron chi connectivity index (χ1n) is 3.98. The molecule has 14 heavy (non-hydrogen) atoms. The summed E-state index contributed by atoms with van der Waals surface area (Å²) in [4.78, 5) is 21.9. The van der Waals surface area contributed by atoms with E-state index >= 15 is 0 Å². The molecule has 0 fully saturated rings. The number of hydrogen-bond donors (Lipinski definition) is 1. The van der Waals surface area contributed by atoms with Crippen LogP contribution in [0.25, 0.3) is 0 Å². The van der Waals surface area contributed by atoms with Crippen molar-refractivity contribution in [1.29, 1.82) is 0 Å². The number of carbonyl (C=O) groups excluding carboxylic acids is 1. The third-order valence-corrected chi connectivity index (χ3v) is 3.02. The number of carbonyl (C=O) groups is 2. The number of hydrogen-bond acceptors (Lipinski definition) is 2. The molecular weight excluding hydrogens is 248 g/mol. The lowest BCUT2D eigenvalue weighted by atomic mass is 10.0. The van der Waals surface area contributed by atoms with Crippen molar-refractivity contribution in [2.45, 2.75) is 13.8 Å². The van der Waals surface area contributed by atoms with Gasteiger partial charge in [0.15, 0.2) is 5.78 Å². The molecule has 0 saturated carbocycles. The zero-order valence-electron chi connectivity index (χ0n) is 7.80. The summed E-state index contributed by atoms with van der Waals surface area (Å²) in [7, 11) is 0. The Morgan fingerprint density at radius 3 is 2.21 bits per heavy atom. The Morgan fingerprint density at radius 1 is 1.29 bits per heavy atom. The zero-order valence-corrected chi connectivity index (χ0v) is 9.38. The van der Waals surface area contributed by atoms with E-state index in [0.29, 0.717) is 15.6 Å². The molecule has 0 unspecified atom stereocenters. The standard InChI is InChI=1S/C10H9BrO3/c1-5-7(10(13)14)3-4-8(6(2)12)9(5)11/h3-4H,1-2H3,(H,13,14). The first kappa shape index (κ1) is 10.9. The van der Waals surface area contributed by atoms with Crippen molar-refractivity contribution in [2.24, 2.45) is 0 Å². The molecule has 74 valence electrons. The number of rotatable bonds is 2. The van der Waals surface area contributed by atoms with Gasteiger partial charge in [-0.1, -0.05) is 0 Å². The number of Topliss-reactive ketones (excluding diaryl/α,β-unsaturated/α-hetero) is 1. The van der Waals surface area contributed by atoms with Crippen LogP contribution in [-0.2, 0) is 0 Å². The highest BCUT2D eigenvalue weighted by Crippen LogP contribution is 2.24. The van der Waals surface area contributed by atoms with Crippen LogP contribution in [0.4, 0.5) is 0 Å². The minimum Gasteiger partial charge on any atom is -0.478 e. The molecule has 1 aromatic carbocycles. The third-order valence-electron chi connectivity index (χ3n) is 2.00. The number of aromatic carboxylic acids is 1. The molecule has 0 bridgehead atoms. The maximum atomic E-state index is 11.1. The molecule has 0 radical (unpaired) electrons. The lowest BCUT2D eigenvalue weighted by molar-refractivity contribution is 0.0695. The van der Waals surface area contributed by atoms with Crippen LogP contribution in [0.5, 0.6) is 0 Å². The van der Waals surface area contributed by atoms with E-state index in [1.165, 1.54) is 19.1 Å². The first-order chi connectivity index (χ1) is 6.45. The molecule has 1 N–H and O–H groups in total. The Kier molecular flexibility index (Phi) is 3.06. The van der Waals surface area contributed by atoms with Crippen LogP contribution in [0.15, 0.2) is 16.6 Å². The lowest BCUT2D eigenvalue weighted by Crippen LogP contribution is -2.03. The van der Waals surface area contributed by atoms with Crippen molar-refractivity contribution in [1.82, 2.24) is 0 Å². The molecule has 1 rings (SSSR count). The van der Waals surface area contributed by atoms with Gasteiger partial charge < -0.3 is 5.11 Å². The van der Waals surface area contributed by atoms with Gasteiger partial charge in [0.05, 0.1) is 5.56 Å². The van der Waals surface area contributed by atoms with E-state index in [4.69, 9.17) is 5.11 Å². The van der Waals surface area contributed by atoms with E-state index in [9.17, 15) is 9.59 Å². The maximum Gasteiger partial charge on any atom is 0.335 e. The van der Waals surface area contributed by atoms with Gasteiger partial charge in [0.1, 0.15) is 0 Å². The maximum absolute atomic E-state index is 11.1. The molecule has 0 saturated heterocycles. The van der Waals surface area contributed by atoms with Crippen LogP contribution in [0.1, 0.15) is 33.2 Å². The normalized spacial score (nSPS) is 9.93. The van der Waals surface area contributed by atoms with E-state index in [2.05, 4.69) is 15.9 Å². The topological polar surface area (TPSA) is 54.4 Å². The second-order valence-corrected chi connectivity index (χ2v) is 3.75. The third kappa shape index (κ3) is 1.85. The predicted octanol–water partition coefficient (Wildman–Crippen LogP) is 2.66. The summed E-state index contributed by atoms with van der Waals surface area (Å²) in [5.74, 6) is -1.07. The van der Waals surface area contributed by atoms with E-state index in [1.807, 2.05) is 0 Å². The number of ketones is 1. The molecule has 0 aliphatic heterocycles. The molecule has 0 atom stereocenters. The van der Waals surface area contributed by atoms with Crippen LogP contribution in [0.2, 0.25) is 0 Å². The predicted molar refractivity (Wildman–Crippen MR) is 55.8 cm³/mol. The van der Waals surface area contributed by atoms with Crippen molar-refractivity contribution >= 4 is 27.7 Å². The second kappa shape index (κ2) is 3.92. The molecule has 3 nitrogen and oxygen atoms in total.